The number of phenols is 1. The van der Waals surface area contributed by atoms with E-state index in [9.17, 15) is 19.5 Å². The zero-order chi connectivity index (χ0) is 23.4. The predicted molar refractivity (Wildman–Crippen MR) is 116 cm³/mol. The van der Waals surface area contributed by atoms with Crippen LogP contribution in [0, 0.1) is 16.7 Å². The maximum atomic E-state index is 13.5. The van der Waals surface area contributed by atoms with Gasteiger partial charge in [-0.1, -0.05) is 39.0 Å². The predicted octanol–water partition coefficient (Wildman–Crippen LogP) is 1.52. The number of ketones is 2. The highest BCUT2D eigenvalue weighted by Crippen LogP contribution is 2.29. The molecule has 5 N–H and O–H groups in total. The molecule has 8 heteroatoms. The maximum absolute atomic E-state index is 13.5. The fourth-order valence-electron chi connectivity index (χ4n) is 3.63. The summed E-state index contributed by atoms with van der Waals surface area (Å²) in [6.45, 7) is 5.70. The molecule has 0 spiro atoms. The second-order valence-corrected chi connectivity index (χ2v) is 8.97. The minimum absolute atomic E-state index is 0.0802. The van der Waals surface area contributed by atoms with E-state index in [2.05, 4.69) is 0 Å². The van der Waals surface area contributed by atoms with Crippen LogP contribution in [0.4, 0.5) is 0 Å². The van der Waals surface area contributed by atoms with E-state index in [0.717, 1.165) is 0 Å². The summed E-state index contributed by atoms with van der Waals surface area (Å²) in [5.41, 5.74) is 9.98. The van der Waals surface area contributed by atoms with Crippen molar-refractivity contribution in [1.82, 2.24) is 4.90 Å². The Bertz CT molecular complexity index is 911. The third-order valence-electron chi connectivity index (χ3n) is 5.37. The van der Waals surface area contributed by atoms with Gasteiger partial charge in [-0.2, -0.15) is 5.26 Å². The van der Waals surface area contributed by atoms with Crippen LogP contribution in [0.25, 0.3) is 6.08 Å². The largest absolute Gasteiger partial charge is 0.508 e. The maximum Gasteiger partial charge on any atom is 0.228 e. The Morgan fingerprint density at radius 1 is 1.29 bits per heavy atom. The average molecular weight is 427 g/mol. The molecule has 1 amide bonds. The highest BCUT2D eigenvalue weighted by atomic mass is 16.3. The number of aromatic hydroxyl groups is 1. The van der Waals surface area contributed by atoms with Crippen molar-refractivity contribution in [3.8, 4) is 11.8 Å². The molecule has 1 fully saturated rings. The average Bonchev–Trinajstić information content (AvgIpc) is 3.20. The van der Waals surface area contributed by atoms with Crippen LogP contribution in [-0.2, 0) is 14.4 Å². The number of carbonyl (C=O) groups excluding carboxylic acids is 3. The van der Waals surface area contributed by atoms with Crippen LogP contribution in [0.2, 0.25) is 0 Å². The first-order valence-electron chi connectivity index (χ1n) is 10.2. The first-order chi connectivity index (χ1) is 14.4. The van der Waals surface area contributed by atoms with Gasteiger partial charge in [0.05, 0.1) is 18.2 Å². The molecule has 1 aliphatic rings. The molecule has 8 nitrogen and oxygen atoms in total. The van der Waals surface area contributed by atoms with Gasteiger partial charge < -0.3 is 21.5 Å². The first kappa shape index (κ1) is 24.3. The molecule has 1 heterocycles. The molecule has 2 unspecified atom stereocenters. The zero-order valence-electron chi connectivity index (χ0n) is 18.2. The number of hydrogen-bond acceptors (Lipinski definition) is 7. The Hall–Kier alpha value is -3.02. The molecule has 1 saturated heterocycles. The molecular formula is C23H30N4O4. The fraction of sp³-hybridized carbons (Fsp3) is 0.478. The second-order valence-electron chi connectivity index (χ2n) is 8.97. The highest BCUT2D eigenvalue weighted by molar-refractivity contribution is 6.19. The van der Waals surface area contributed by atoms with Gasteiger partial charge in [0, 0.05) is 18.4 Å². The van der Waals surface area contributed by atoms with E-state index in [-0.39, 0.29) is 18.1 Å². The topological polar surface area (TPSA) is 151 Å². The van der Waals surface area contributed by atoms with Crippen molar-refractivity contribution in [3.63, 3.8) is 0 Å². The number of rotatable bonds is 7. The number of phenolic OH excluding ortho intramolecular Hbond substituents is 1. The Morgan fingerprint density at radius 3 is 2.45 bits per heavy atom. The van der Waals surface area contributed by atoms with Gasteiger partial charge in [0.2, 0.25) is 5.91 Å². The number of benzene rings is 1. The second kappa shape index (κ2) is 9.41. The fourth-order valence-corrected chi connectivity index (χ4v) is 3.63. The quantitative estimate of drug-likeness (QED) is 0.442. The van der Waals surface area contributed by atoms with Crippen molar-refractivity contribution in [3.05, 3.63) is 35.9 Å². The minimum Gasteiger partial charge on any atom is -0.508 e. The Kier molecular flexibility index (Phi) is 7.37. The lowest BCUT2D eigenvalue weighted by atomic mass is 9.79. The lowest BCUT2D eigenvalue weighted by molar-refractivity contribution is -0.147. The van der Waals surface area contributed by atoms with Crippen molar-refractivity contribution in [2.45, 2.75) is 57.7 Å². The normalized spacial score (nSPS) is 19.6. The molecule has 0 saturated carbocycles. The molecule has 0 bridgehead atoms. The van der Waals surface area contributed by atoms with E-state index in [0.29, 0.717) is 24.9 Å². The van der Waals surface area contributed by atoms with Crippen molar-refractivity contribution >= 4 is 23.5 Å². The molecule has 1 aromatic rings. The monoisotopic (exact) mass is 426 g/mol. The Balaban J connectivity index is 2.36. The van der Waals surface area contributed by atoms with Gasteiger partial charge in [0.1, 0.15) is 11.3 Å². The Morgan fingerprint density at radius 2 is 1.90 bits per heavy atom. The standard InChI is InChI=1S/C23H30N4O4/c1-22(2,3)21(31)27-12-4-5-18(27)20(30)23(26,13-16(25)14-24)19(29)11-8-15-6-9-17(28)10-7-15/h6-11,16,18,28H,4-5,12-13,25-26H2,1-3H3/b11-8+/t16?,18-,23?/m0/s1. The van der Waals surface area contributed by atoms with E-state index < -0.39 is 34.6 Å². The van der Waals surface area contributed by atoms with Crippen LogP contribution in [-0.4, -0.2) is 51.6 Å². The van der Waals surface area contributed by atoms with Gasteiger partial charge >= 0.3 is 0 Å². The van der Waals surface area contributed by atoms with Gasteiger partial charge in [-0.05, 0) is 36.6 Å². The number of hydrogen-bond donors (Lipinski definition) is 3. The number of nitriles is 1. The van der Waals surface area contributed by atoms with E-state index in [4.69, 9.17) is 16.7 Å². The van der Waals surface area contributed by atoms with Gasteiger partial charge in [0.15, 0.2) is 11.6 Å². The van der Waals surface area contributed by atoms with E-state index in [1.165, 1.54) is 29.2 Å². The summed E-state index contributed by atoms with van der Waals surface area (Å²) in [6.07, 6.45) is 3.32. The summed E-state index contributed by atoms with van der Waals surface area (Å²) in [6, 6.07) is 5.99. The Labute approximate surface area is 182 Å². The summed E-state index contributed by atoms with van der Waals surface area (Å²) in [7, 11) is 0. The van der Waals surface area contributed by atoms with Crippen molar-refractivity contribution in [1.29, 1.82) is 5.26 Å². The highest BCUT2D eigenvalue weighted by Gasteiger charge is 2.49. The molecule has 0 aliphatic carbocycles. The third-order valence-corrected chi connectivity index (χ3v) is 5.37. The number of nitrogens with two attached hydrogens (primary N) is 2. The summed E-state index contributed by atoms with van der Waals surface area (Å²) in [5, 5.41) is 18.5. The summed E-state index contributed by atoms with van der Waals surface area (Å²) >= 11 is 0. The zero-order valence-corrected chi connectivity index (χ0v) is 18.2. The summed E-state index contributed by atoms with van der Waals surface area (Å²) < 4.78 is 0. The molecule has 1 aromatic carbocycles. The third kappa shape index (κ3) is 5.57. The van der Waals surface area contributed by atoms with Crippen LogP contribution >= 0.6 is 0 Å². The number of Topliss-reactive ketones (excluding diaryl/α,β-unsaturated/α-hetero) is 1. The molecule has 0 radical (unpaired) electrons. The van der Waals surface area contributed by atoms with Crippen molar-refractivity contribution < 1.29 is 19.5 Å². The lowest BCUT2D eigenvalue weighted by Gasteiger charge is -2.35. The molecule has 1 aliphatic heterocycles. The van der Waals surface area contributed by atoms with Gasteiger partial charge in [-0.3, -0.25) is 14.4 Å². The SMILES string of the molecule is CC(C)(C)C(=O)N1CCC[C@H]1C(=O)C(N)(CC(N)C#N)C(=O)/C=C/c1ccc(O)cc1. The number of amides is 1. The molecule has 3 atom stereocenters. The van der Waals surface area contributed by atoms with Crippen LogP contribution in [0.5, 0.6) is 5.75 Å². The number of carbonyl (C=O) groups is 3. The lowest BCUT2D eigenvalue weighted by Crippen LogP contribution is -2.63. The molecule has 31 heavy (non-hydrogen) atoms. The first-order valence-corrected chi connectivity index (χ1v) is 10.2. The van der Waals surface area contributed by atoms with Crippen molar-refractivity contribution in [2.75, 3.05) is 6.54 Å². The molecule has 2 rings (SSSR count). The summed E-state index contributed by atoms with van der Waals surface area (Å²) in [4.78, 5) is 40.9. The van der Waals surface area contributed by atoms with Crippen LogP contribution < -0.4 is 11.5 Å². The van der Waals surface area contributed by atoms with Crippen LogP contribution in [0.1, 0.15) is 45.6 Å². The van der Waals surface area contributed by atoms with E-state index in [1.807, 2.05) is 6.07 Å². The molecular weight excluding hydrogens is 396 g/mol. The van der Waals surface area contributed by atoms with Gasteiger partial charge in [-0.25, -0.2) is 0 Å². The number of nitrogens with zero attached hydrogens (tertiary/aromatic N) is 2. The summed E-state index contributed by atoms with van der Waals surface area (Å²) in [5.74, 6) is -1.40. The smallest absolute Gasteiger partial charge is 0.228 e. The van der Waals surface area contributed by atoms with Gasteiger partial charge in [0.25, 0.3) is 0 Å². The van der Waals surface area contributed by atoms with Gasteiger partial charge in [-0.15, -0.1) is 0 Å². The van der Waals surface area contributed by atoms with E-state index >= 15 is 0 Å². The van der Waals surface area contributed by atoms with Crippen LogP contribution in [0.3, 0.4) is 0 Å². The number of likely N-dealkylation sites (tertiary alicyclic amines) is 1. The van der Waals surface area contributed by atoms with Crippen LogP contribution in [0.15, 0.2) is 30.3 Å². The molecule has 0 aromatic heterocycles. The van der Waals surface area contributed by atoms with Crippen molar-refractivity contribution in [2.24, 2.45) is 16.9 Å². The van der Waals surface area contributed by atoms with E-state index in [1.54, 1.807) is 32.9 Å². The molecule has 166 valence electrons. The minimum atomic E-state index is -2.03.